The molecule has 1 aromatic rings. The van der Waals surface area contributed by atoms with Crippen molar-refractivity contribution < 1.29 is 24.1 Å². The first-order valence-corrected chi connectivity index (χ1v) is 5.33. The number of carbonyl (C=O) groups excluding carboxylic acids is 1. The summed E-state index contributed by atoms with van der Waals surface area (Å²) in [6, 6.07) is 6.71. The number of aromatic hydroxyl groups is 1. The van der Waals surface area contributed by atoms with E-state index in [2.05, 4.69) is 4.74 Å². The van der Waals surface area contributed by atoms with Gasteiger partial charge >= 0.3 is 5.97 Å². The third kappa shape index (κ3) is 2.40. The number of ether oxygens (including phenoxy) is 3. The second-order valence-electron chi connectivity index (χ2n) is 3.66. The first kappa shape index (κ1) is 11.9. The molecule has 1 N–H and O–H groups in total. The average molecular weight is 238 g/mol. The largest absolute Gasteiger partial charge is 0.508 e. The Balaban J connectivity index is 2.28. The number of phenolic OH excluding ortho intramolecular Hbond substituents is 1. The van der Waals surface area contributed by atoms with Crippen LogP contribution in [0.15, 0.2) is 24.3 Å². The normalized spacial score (nSPS) is 24.3. The highest BCUT2D eigenvalue weighted by Crippen LogP contribution is 2.32. The number of hydrogen-bond acceptors (Lipinski definition) is 5. The van der Waals surface area contributed by atoms with Crippen LogP contribution in [0.1, 0.15) is 11.7 Å². The Hall–Kier alpha value is -1.59. The topological polar surface area (TPSA) is 65.0 Å². The number of benzene rings is 1. The van der Waals surface area contributed by atoms with E-state index in [0.717, 1.165) is 0 Å². The smallest absolute Gasteiger partial charge is 0.338 e. The summed E-state index contributed by atoms with van der Waals surface area (Å²) >= 11 is 0. The van der Waals surface area contributed by atoms with E-state index in [1.54, 1.807) is 24.3 Å². The fourth-order valence-electron chi connectivity index (χ4n) is 1.81. The molecule has 2 atom stereocenters. The molecule has 1 aliphatic heterocycles. The maximum atomic E-state index is 11.6. The summed E-state index contributed by atoms with van der Waals surface area (Å²) in [7, 11) is 1.29. The van der Waals surface area contributed by atoms with Crippen LogP contribution in [0.2, 0.25) is 0 Å². The van der Waals surface area contributed by atoms with Gasteiger partial charge in [0.1, 0.15) is 11.9 Å². The van der Waals surface area contributed by atoms with Gasteiger partial charge in [0.15, 0.2) is 6.10 Å². The van der Waals surface area contributed by atoms with Gasteiger partial charge in [0.2, 0.25) is 0 Å². The Morgan fingerprint density at radius 3 is 2.76 bits per heavy atom. The summed E-state index contributed by atoms with van der Waals surface area (Å²) in [6.07, 6.45) is -1.46. The van der Waals surface area contributed by atoms with E-state index in [9.17, 15) is 9.90 Å². The van der Waals surface area contributed by atoms with Crippen molar-refractivity contribution in [2.75, 3.05) is 20.3 Å². The van der Waals surface area contributed by atoms with Crippen molar-refractivity contribution in [3.05, 3.63) is 29.8 Å². The molecule has 0 amide bonds. The Morgan fingerprint density at radius 1 is 1.35 bits per heavy atom. The highest BCUT2D eigenvalue weighted by molar-refractivity contribution is 5.76. The van der Waals surface area contributed by atoms with Crippen LogP contribution in [0.4, 0.5) is 0 Å². The lowest BCUT2D eigenvalue weighted by molar-refractivity contribution is -0.184. The monoisotopic (exact) mass is 238 g/mol. The average Bonchev–Trinajstić information content (AvgIpc) is 2.38. The van der Waals surface area contributed by atoms with Crippen LogP contribution in [0.25, 0.3) is 0 Å². The molecule has 0 spiro atoms. The lowest BCUT2D eigenvalue weighted by Crippen LogP contribution is -2.39. The molecule has 2 unspecified atom stereocenters. The van der Waals surface area contributed by atoms with E-state index in [0.29, 0.717) is 18.8 Å². The molecule has 5 nitrogen and oxygen atoms in total. The zero-order chi connectivity index (χ0) is 12.3. The molecule has 0 aromatic heterocycles. The summed E-state index contributed by atoms with van der Waals surface area (Å²) in [5.41, 5.74) is 0.530. The molecule has 92 valence electrons. The maximum Gasteiger partial charge on any atom is 0.338 e. The third-order valence-electron chi connectivity index (χ3n) is 2.63. The van der Waals surface area contributed by atoms with Crippen molar-refractivity contribution in [3.63, 3.8) is 0 Å². The zero-order valence-electron chi connectivity index (χ0n) is 9.46. The number of carbonyl (C=O) groups is 1. The molecule has 1 heterocycles. The predicted octanol–water partition coefficient (Wildman–Crippen LogP) is 1.02. The Morgan fingerprint density at radius 2 is 2.06 bits per heavy atom. The second kappa shape index (κ2) is 5.16. The van der Waals surface area contributed by atoms with Gasteiger partial charge in [-0.25, -0.2) is 4.79 Å². The van der Waals surface area contributed by atoms with Crippen molar-refractivity contribution in [1.82, 2.24) is 0 Å². The fourth-order valence-corrected chi connectivity index (χ4v) is 1.81. The molecule has 0 aliphatic carbocycles. The van der Waals surface area contributed by atoms with Crippen LogP contribution >= 0.6 is 0 Å². The number of methoxy groups -OCH3 is 1. The van der Waals surface area contributed by atoms with Crippen LogP contribution in [-0.2, 0) is 19.0 Å². The minimum absolute atomic E-state index is 0.0805. The van der Waals surface area contributed by atoms with Crippen LogP contribution < -0.4 is 0 Å². The molecule has 2 rings (SSSR count). The summed E-state index contributed by atoms with van der Waals surface area (Å²) < 4.78 is 15.5. The SMILES string of the molecule is COC(=O)C1OCCOC1c1ccccc1O. The number of hydrogen-bond donors (Lipinski definition) is 1. The number of phenols is 1. The van der Waals surface area contributed by atoms with E-state index in [1.807, 2.05) is 0 Å². The van der Waals surface area contributed by atoms with Gasteiger partial charge in [0.05, 0.1) is 20.3 Å². The van der Waals surface area contributed by atoms with Crippen molar-refractivity contribution in [2.24, 2.45) is 0 Å². The third-order valence-corrected chi connectivity index (χ3v) is 2.63. The van der Waals surface area contributed by atoms with Crippen LogP contribution in [0, 0.1) is 0 Å². The van der Waals surface area contributed by atoms with Crippen LogP contribution in [-0.4, -0.2) is 37.5 Å². The van der Waals surface area contributed by atoms with E-state index in [4.69, 9.17) is 9.47 Å². The number of para-hydroxylation sites is 1. The number of rotatable bonds is 2. The molecule has 0 saturated carbocycles. The minimum atomic E-state index is -0.831. The molecular weight excluding hydrogens is 224 g/mol. The van der Waals surface area contributed by atoms with Crippen molar-refractivity contribution in [2.45, 2.75) is 12.2 Å². The van der Waals surface area contributed by atoms with Gasteiger partial charge in [-0.05, 0) is 6.07 Å². The second-order valence-corrected chi connectivity index (χ2v) is 3.66. The van der Waals surface area contributed by atoms with E-state index < -0.39 is 18.2 Å². The van der Waals surface area contributed by atoms with E-state index in [-0.39, 0.29) is 5.75 Å². The van der Waals surface area contributed by atoms with Gasteiger partial charge in [-0.3, -0.25) is 0 Å². The summed E-state index contributed by atoms with van der Waals surface area (Å²) in [6.45, 7) is 0.719. The molecule has 1 saturated heterocycles. The van der Waals surface area contributed by atoms with Crippen LogP contribution in [0.3, 0.4) is 0 Å². The molecule has 0 bridgehead atoms. The summed E-state index contributed by atoms with van der Waals surface area (Å²) in [5, 5.41) is 9.75. The van der Waals surface area contributed by atoms with Crippen LogP contribution in [0.5, 0.6) is 5.75 Å². The Kier molecular flexibility index (Phi) is 3.61. The lowest BCUT2D eigenvalue weighted by Gasteiger charge is -2.30. The van der Waals surface area contributed by atoms with Gasteiger partial charge in [0.25, 0.3) is 0 Å². The quantitative estimate of drug-likeness (QED) is 0.779. The lowest BCUT2D eigenvalue weighted by atomic mass is 10.0. The van der Waals surface area contributed by atoms with E-state index >= 15 is 0 Å². The predicted molar refractivity (Wildman–Crippen MR) is 58.6 cm³/mol. The van der Waals surface area contributed by atoms with Gasteiger partial charge in [-0.1, -0.05) is 18.2 Å². The summed E-state index contributed by atoms with van der Waals surface area (Å²) in [4.78, 5) is 11.6. The maximum absolute atomic E-state index is 11.6. The van der Waals surface area contributed by atoms with Gasteiger partial charge in [-0.15, -0.1) is 0 Å². The van der Waals surface area contributed by atoms with Gasteiger partial charge in [-0.2, -0.15) is 0 Å². The molecule has 17 heavy (non-hydrogen) atoms. The molecule has 1 aliphatic rings. The Labute approximate surface area is 98.9 Å². The van der Waals surface area contributed by atoms with Gasteiger partial charge < -0.3 is 19.3 Å². The standard InChI is InChI=1S/C12H14O5/c1-15-12(14)11-10(16-6-7-17-11)8-4-2-3-5-9(8)13/h2-5,10-11,13H,6-7H2,1H3. The molecule has 1 aromatic carbocycles. The van der Waals surface area contributed by atoms with E-state index in [1.165, 1.54) is 7.11 Å². The minimum Gasteiger partial charge on any atom is -0.508 e. The zero-order valence-corrected chi connectivity index (χ0v) is 9.46. The highest BCUT2D eigenvalue weighted by atomic mass is 16.6. The molecule has 5 heteroatoms. The Bertz CT molecular complexity index is 404. The van der Waals surface area contributed by atoms with Crippen molar-refractivity contribution in [3.8, 4) is 5.75 Å². The first-order valence-electron chi connectivity index (χ1n) is 5.33. The molecular formula is C12H14O5. The highest BCUT2D eigenvalue weighted by Gasteiger charge is 2.36. The number of esters is 1. The fraction of sp³-hybridized carbons (Fsp3) is 0.417. The van der Waals surface area contributed by atoms with Crippen molar-refractivity contribution in [1.29, 1.82) is 0 Å². The van der Waals surface area contributed by atoms with Gasteiger partial charge in [0, 0.05) is 5.56 Å². The summed E-state index contributed by atoms with van der Waals surface area (Å²) in [5.74, 6) is -0.421. The molecule has 0 radical (unpaired) electrons. The first-order chi connectivity index (χ1) is 8.24. The molecule has 1 fully saturated rings. The van der Waals surface area contributed by atoms with Crippen molar-refractivity contribution >= 4 is 5.97 Å².